The summed E-state index contributed by atoms with van der Waals surface area (Å²) in [7, 11) is 4.05. The topological polar surface area (TPSA) is 58.4 Å². The molecule has 0 aromatic heterocycles. The lowest BCUT2D eigenvalue weighted by Gasteiger charge is -2.43. The van der Waals surface area contributed by atoms with Gasteiger partial charge in [0.2, 0.25) is 5.91 Å². The molecule has 3 rings (SSSR count). The Hall–Kier alpha value is -1.55. The highest BCUT2D eigenvalue weighted by atomic mass is 16.1. The normalized spacial score (nSPS) is 29.9. The molecule has 1 amide bonds. The van der Waals surface area contributed by atoms with Gasteiger partial charge in [-0.25, -0.2) is 0 Å². The third-order valence-electron chi connectivity index (χ3n) is 5.83. The number of hydrogen-bond donors (Lipinski definition) is 2. The summed E-state index contributed by atoms with van der Waals surface area (Å²) in [6.45, 7) is 2.07. The molecule has 2 saturated carbocycles. The highest BCUT2D eigenvalue weighted by Crippen LogP contribution is 2.42. The Bertz CT molecular complexity index is 570. The molecule has 126 valence electrons. The number of carbonyl (C=O) groups excluding carboxylic acids is 1. The van der Waals surface area contributed by atoms with Crippen LogP contribution in [0.5, 0.6) is 0 Å². The van der Waals surface area contributed by atoms with E-state index in [2.05, 4.69) is 23.2 Å². The van der Waals surface area contributed by atoms with Gasteiger partial charge in [0.25, 0.3) is 0 Å². The van der Waals surface area contributed by atoms with Crippen LogP contribution in [0.2, 0.25) is 0 Å². The minimum absolute atomic E-state index is 0.118. The van der Waals surface area contributed by atoms with Crippen LogP contribution in [0, 0.1) is 24.7 Å². The Kier molecular flexibility index (Phi) is 4.62. The number of benzene rings is 1. The number of nitrogens with one attached hydrogen (secondary N) is 1. The van der Waals surface area contributed by atoms with Crippen LogP contribution in [0.3, 0.4) is 0 Å². The molecule has 23 heavy (non-hydrogen) atoms. The molecule has 4 heteroatoms. The molecule has 2 fully saturated rings. The van der Waals surface area contributed by atoms with Gasteiger partial charge in [0, 0.05) is 37.4 Å². The lowest BCUT2D eigenvalue weighted by Crippen LogP contribution is -2.48. The average molecular weight is 315 g/mol. The second-order valence-corrected chi connectivity index (χ2v) is 7.53. The molecule has 4 nitrogen and oxygen atoms in total. The van der Waals surface area contributed by atoms with Crippen LogP contribution in [0.25, 0.3) is 0 Å². The van der Waals surface area contributed by atoms with E-state index in [1.807, 2.05) is 26.2 Å². The fraction of sp³-hybridized carbons (Fsp3) is 0.632. The standard InChI is InChI=1S/C19H29N3O/c1-12-16(8-5-9-17(12)22(2)3)21-19(23)15-10-13-6-4-7-14(11-15)18(13)20/h5,8-9,13-15,18H,4,6-7,10-11,20H2,1-3H3,(H,21,23). The molecule has 0 saturated heterocycles. The maximum Gasteiger partial charge on any atom is 0.227 e. The number of carbonyl (C=O) groups is 1. The summed E-state index contributed by atoms with van der Waals surface area (Å²) in [5, 5.41) is 3.17. The Morgan fingerprint density at radius 3 is 2.48 bits per heavy atom. The molecular weight excluding hydrogens is 286 g/mol. The quantitative estimate of drug-likeness (QED) is 0.901. The number of nitrogens with zero attached hydrogens (tertiary/aromatic N) is 1. The molecule has 2 atom stereocenters. The molecule has 2 unspecified atom stereocenters. The van der Waals surface area contributed by atoms with Crippen molar-refractivity contribution >= 4 is 17.3 Å². The zero-order chi connectivity index (χ0) is 16.6. The van der Waals surface area contributed by atoms with Crippen LogP contribution >= 0.6 is 0 Å². The minimum atomic E-state index is 0.118. The summed E-state index contributed by atoms with van der Waals surface area (Å²) < 4.78 is 0. The summed E-state index contributed by atoms with van der Waals surface area (Å²) in [5.41, 5.74) is 9.54. The molecule has 0 spiro atoms. The molecular formula is C19H29N3O. The van der Waals surface area contributed by atoms with Crippen molar-refractivity contribution in [2.24, 2.45) is 23.5 Å². The first-order chi connectivity index (χ1) is 11.0. The molecule has 0 radical (unpaired) electrons. The molecule has 2 aliphatic rings. The van der Waals surface area contributed by atoms with Crippen molar-refractivity contribution in [1.82, 2.24) is 0 Å². The monoisotopic (exact) mass is 315 g/mol. The molecule has 3 N–H and O–H groups in total. The van der Waals surface area contributed by atoms with Gasteiger partial charge in [0.1, 0.15) is 0 Å². The smallest absolute Gasteiger partial charge is 0.227 e. The lowest BCUT2D eigenvalue weighted by molar-refractivity contribution is -0.122. The van der Waals surface area contributed by atoms with Gasteiger partial charge >= 0.3 is 0 Å². The van der Waals surface area contributed by atoms with Crippen LogP contribution < -0.4 is 16.0 Å². The molecule has 0 heterocycles. The van der Waals surface area contributed by atoms with Crippen molar-refractivity contribution in [3.63, 3.8) is 0 Å². The SMILES string of the molecule is Cc1c(NC(=O)C2CC3CCCC(C2)C3N)cccc1N(C)C. The summed E-state index contributed by atoms with van der Waals surface area (Å²) in [5.74, 6) is 1.36. The van der Waals surface area contributed by atoms with E-state index in [1.54, 1.807) is 0 Å². The van der Waals surface area contributed by atoms with E-state index in [0.29, 0.717) is 17.9 Å². The highest BCUT2D eigenvalue weighted by molar-refractivity contribution is 5.94. The van der Waals surface area contributed by atoms with Crippen LogP contribution in [-0.2, 0) is 4.79 Å². The van der Waals surface area contributed by atoms with E-state index in [0.717, 1.165) is 29.8 Å². The lowest BCUT2D eigenvalue weighted by atomic mass is 9.65. The summed E-state index contributed by atoms with van der Waals surface area (Å²) in [4.78, 5) is 14.9. The summed E-state index contributed by atoms with van der Waals surface area (Å²) in [6, 6.07) is 6.39. The molecule has 1 aromatic carbocycles. The molecule has 2 aliphatic carbocycles. The van der Waals surface area contributed by atoms with Gasteiger partial charge in [-0.15, -0.1) is 0 Å². The van der Waals surface area contributed by atoms with Crippen molar-refractivity contribution in [3.05, 3.63) is 23.8 Å². The predicted octanol–water partition coefficient (Wildman–Crippen LogP) is 3.15. The number of nitrogens with two attached hydrogens (primary N) is 1. The minimum Gasteiger partial charge on any atom is -0.377 e. The zero-order valence-corrected chi connectivity index (χ0v) is 14.5. The van der Waals surface area contributed by atoms with Crippen molar-refractivity contribution in [1.29, 1.82) is 0 Å². The van der Waals surface area contributed by atoms with Gasteiger partial charge in [0.05, 0.1) is 0 Å². The fourth-order valence-electron chi connectivity index (χ4n) is 4.48. The Labute approximate surface area is 139 Å². The van der Waals surface area contributed by atoms with E-state index < -0.39 is 0 Å². The number of fused-ring (bicyclic) bond motifs is 2. The van der Waals surface area contributed by atoms with Gasteiger partial charge in [0.15, 0.2) is 0 Å². The van der Waals surface area contributed by atoms with Crippen LogP contribution in [-0.4, -0.2) is 26.0 Å². The van der Waals surface area contributed by atoms with Crippen molar-refractivity contribution in [3.8, 4) is 0 Å². The van der Waals surface area contributed by atoms with E-state index in [1.165, 1.54) is 19.3 Å². The average Bonchev–Trinajstić information content (AvgIpc) is 2.48. The summed E-state index contributed by atoms with van der Waals surface area (Å²) >= 11 is 0. The first-order valence-corrected chi connectivity index (χ1v) is 8.80. The van der Waals surface area contributed by atoms with Gasteiger partial charge < -0.3 is 16.0 Å². The van der Waals surface area contributed by atoms with E-state index in [-0.39, 0.29) is 11.8 Å². The second kappa shape index (κ2) is 6.52. The number of anilines is 2. The van der Waals surface area contributed by atoms with Crippen molar-refractivity contribution < 1.29 is 4.79 Å². The maximum atomic E-state index is 12.8. The van der Waals surface area contributed by atoms with Gasteiger partial charge in [-0.3, -0.25) is 4.79 Å². The highest BCUT2D eigenvalue weighted by Gasteiger charge is 2.40. The van der Waals surface area contributed by atoms with Crippen LogP contribution in [0.1, 0.15) is 37.7 Å². The second-order valence-electron chi connectivity index (χ2n) is 7.53. The van der Waals surface area contributed by atoms with E-state index >= 15 is 0 Å². The first-order valence-electron chi connectivity index (χ1n) is 8.80. The van der Waals surface area contributed by atoms with E-state index in [9.17, 15) is 4.79 Å². The van der Waals surface area contributed by atoms with Gasteiger partial charge in [-0.05, 0) is 62.1 Å². The third kappa shape index (κ3) is 3.23. The largest absolute Gasteiger partial charge is 0.377 e. The Morgan fingerprint density at radius 2 is 1.87 bits per heavy atom. The zero-order valence-electron chi connectivity index (χ0n) is 14.5. The van der Waals surface area contributed by atoms with Crippen molar-refractivity contribution in [2.45, 2.75) is 45.1 Å². The maximum absolute atomic E-state index is 12.8. The number of hydrogen-bond acceptors (Lipinski definition) is 3. The van der Waals surface area contributed by atoms with E-state index in [4.69, 9.17) is 5.73 Å². The molecule has 0 aliphatic heterocycles. The number of rotatable bonds is 3. The van der Waals surface area contributed by atoms with Crippen LogP contribution in [0.4, 0.5) is 11.4 Å². The first kappa shape index (κ1) is 16.3. The van der Waals surface area contributed by atoms with Crippen molar-refractivity contribution in [2.75, 3.05) is 24.3 Å². The Balaban J connectivity index is 1.72. The number of amides is 1. The van der Waals surface area contributed by atoms with Gasteiger partial charge in [-0.2, -0.15) is 0 Å². The molecule has 1 aromatic rings. The van der Waals surface area contributed by atoms with Crippen LogP contribution in [0.15, 0.2) is 18.2 Å². The molecule has 2 bridgehead atoms. The third-order valence-corrected chi connectivity index (χ3v) is 5.83. The summed E-state index contributed by atoms with van der Waals surface area (Å²) in [6.07, 6.45) is 5.57. The predicted molar refractivity (Wildman–Crippen MR) is 95.7 cm³/mol. The fourth-order valence-corrected chi connectivity index (χ4v) is 4.48. The Morgan fingerprint density at radius 1 is 1.22 bits per heavy atom. The van der Waals surface area contributed by atoms with Gasteiger partial charge in [-0.1, -0.05) is 12.5 Å².